The molecule has 2 fully saturated rings. The molecular weight excluding hydrogens is 208 g/mol. The molecule has 1 nitrogen and oxygen atoms in total. The molecule has 2 saturated carbocycles. The number of rotatable bonds is 1. The topological polar surface area (TPSA) is 23.8 Å². The Bertz CT molecular complexity index is 266. The molecule has 0 aromatic heterocycles. The van der Waals surface area contributed by atoms with Crippen molar-refractivity contribution in [1.82, 2.24) is 0 Å². The fourth-order valence-corrected chi connectivity index (χ4v) is 3.27. The SMILES string of the molecule is N#CC1CCC(C2CCC(F)CC2)CC1F. The summed E-state index contributed by atoms with van der Waals surface area (Å²) in [5, 5.41) is 8.75. The Morgan fingerprint density at radius 3 is 2.06 bits per heavy atom. The van der Waals surface area contributed by atoms with Crippen LogP contribution in [0.1, 0.15) is 44.9 Å². The van der Waals surface area contributed by atoms with Crippen molar-refractivity contribution in [3.8, 4) is 6.07 Å². The maximum atomic E-state index is 13.6. The summed E-state index contributed by atoms with van der Waals surface area (Å²) < 4.78 is 26.6. The average Bonchev–Trinajstić information content (AvgIpc) is 2.30. The number of hydrogen-bond donors (Lipinski definition) is 0. The molecule has 0 amide bonds. The molecule has 2 aliphatic rings. The highest BCUT2D eigenvalue weighted by molar-refractivity contribution is 4.94. The number of hydrogen-bond acceptors (Lipinski definition) is 1. The molecular formula is C13H19F2N. The Balaban J connectivity index is 1.86. The molecule has 0 spiro atoms. The van der Waals surface area contributed by atoms with Gasteiger partial charge in [0.05, 0.1) is 12.0 Å². The second-order valence-corrected chi connectivity index (χ2v) is 5.34. The van der Waals surface area contributed by atoms with E-state index in [1.54, 1.807) is 0 Å². The van der Waals surface area contributed by atoms with Crippen molar-refractivity contribution in [1.29, 1.82) is 5.26 Å². The number of alkyl halides is 2. The van der Waals surface area contributed by atoms with Gasteiger partial charge in [-0.1, -0.05) is 0 Å². The lowest BCUT2D eigenvalue weighted by molar-refractivity contribution is 0.0887. The van der Waals surface area contributed by atoms with Crippen LogP contribution in [0.25, 0.3) is 0 Å². The van der Waals surface area contributed by atoms with Gasteiger partial charge in [-0.05, 0) is 56.8 Å². The van der Waals surface area contributed by atoms with Gasteiger partial charge in [-0.15, -0.1) is 0 Å². The van der Waals surface area contributed by atoms with Crippen molar-refractivity contribution >= 4 is 0 Å². The highest BCUT2D eigenvalue weighted by Gasteiger charge is 2.35. The molecule has 0 heterocycles. The molecule has 3 heteroatoms. The van der Waals surface area contributed by atoms with E-state index in [0.717, 1.165) is 19.3 Å². The van der Waals surface area contributed by atoms with Gasteiger partial charge in [0.2, 0.25) is 0 Å². The first-order valence-electron chi connectivity index (χ1n) is 6.38. The van der Waals surface area contributed by atoms with E-state index in [4.69, 9.17) is 5.26 Å². The Labute approximate surface area is 95.8 Å². The predicted molar refractivity (Wildman–Crippen MR) is 58.2 cm³/mol. The van der Waals surface area contributed by atoms with Crippen LogP contribution in [-0.2, 0) is 0 Å². The molecule has 90 valence electrons. The van der Waals surface area contributed by atoms with E-state index in [1.807, 2.05) is 6.07 Å². The smallest absolute Gasteiger partial charge is 0.116 e. The first-order valence-corrected chi connectivity index (χ1v) is 6.38. The van der Waals surface area contributed by atoms with Gasteiger partial charge in [0, 0.05) is 0 Å². The Morgan fingerprint density at radius 1 is 0.875 bits per heavy atom. The minimum Gasteiger partial charge on any atom is -0.247 e. The van der Waals surface area contributed by atoms with Crippen LogP contribution in [0.15, 0.2) is 0 Å². The second kappa shape index (κ2) is 5.12. The molecule has 0 radical (unpaired) electrons. The zero-order valence-electron chi connectivity index (χ0n) is 9.54. The third-order valence-corrected chi connectivity index (χ3v) is 4.35. The van der Waals surface area contributed by atoms with Crippen molar-refractivity contribution in [3.05, 3.63) is 0 Å². The van der Waals surface area contributed by atoms with Gasteiger partial charge >= 0.3 is 0 Å². The second-order valence-electron chi connectivity index (χ2n) is 5.34. The number of nitrogens with zero attached hydrogens (tertiary/aromatic N) is 1. The van der Waals surface area contributed by atoms with Crippen molar-refractivity contribution in [2.24, 2.45) is 17.8 Å². The molecule has 0 aromatic rings. The normalized spacial score (nSPS) is 44.9. The Hall–Kier alpha value is -0.650. The molecule has 0 bridgehead atoms. The molecule has 0 aromatic carbocycles. The van der Waals surface area contributed by atoms with Crippen LogP contribution in [0.4, 0.5) is 8.78 Å². The van der Waals surface area contributed by atoms with E-state index in [1.165, 1.54) is 0 Å². The summed E-state index contributed by atoms with van der Waals surface area (Å²) in [6, 6.07) is 2.05. The first kappa shape index (κ1) is 11.8. The summed E-state index contributed by atoms with van der Waals surface area (Å²) in [5.74, 6) is 0.505. The molecule has 2 rings (SSSR count). The van der Waals surface area contributed by atoms with Gasteiger partial charge in [-0.3, -0.25) is 0 Å². The zero-order valence-corrected chi connectivity index (χ0v) is 9.54. The average molecular weight is 227 g/mol. The standard InChI is InChI=1S/C13H19F2N/c14-12-5-3-9(4-6-12)10-1-2-11(8-16)13(15)7-10/h9-13H,1-7H2. The van der Waals surface area contributed by atoms with E-state index in [0.29, 0.717) is 37.5 Å². The van der Waals surface area contributed by atoms with Crippen molar-refractivity contribution in [2.75, 3.05) is 0 Å². The minimum atomic E-state index is -0.952. The fraction of sp³-hybridized carbons (Fsp3) is 0.923. The monoisotopic (exact) mass is 227 g/mol. The molecule has 3 atom stereocenters. The van der Waals surface area contributed by atoms with Crippen LogP contribution in [0.2, 0.25) is 0 Å². The molecule has 0 aliphatic heterocycles. The van der Waals surface area contributed by atoms with Crippen LogP contribution in [0.3, 0.4) is 0 Å². The van der Waals surface area contributed by atoms with Crippen LogP contribution in [-0.4, -0.2) is 12.3 Å². The lowest BCUT2D eigenvalue weighted by atomic mass is 9.70. The quantitative estimate of drug-likeness (QED) is 0.668. The van der Waals surface area contributed by atoms with Gasteiger partial charge < -0.3 is 0 Å². The van der Waals surface area contributed by atoms with Crippen LogP contribution in [0, 0.1) is 29.1 Å². The number of halogens is 2. The van der Waals surface area contributed by atoms with Gasteiger partial charge in [0.1, 0.15) is 12.3 Å². The molecule has 16 heavy (non-hydrogen) atoms. The van der Waals surface area contributed by atoms with Crippen molar-refractivity contribution < 1.29 is 8.78 Å². The highest BCUT2D eigenvalue weighted by atomic mass is 19.1. The molecule has 0 saturated heterocycles. The van der Waals surface area contributed by atoms with Crippen LogP contribution in [0.5, 0.6) is 0 Å². The molecule has 0 N–H and O–H groups in total. The predicted octanol–water partition coefficient (Wildman–Crippen LogP) is 3.79. The highest BCUT2D eigenvalue weighted by Crippen LogP contribution is 2.41. The van der Waals surface area contributed by atoms with E-state index < -0.39 is 18.3 Å². The summed E-state index contributed by atoms with van der Waals surface area (Å²) in [7, 11) is 0. The minimum absolute atomic E-state index is 0.395. The van der Waals surface area contributed by atoms with Gasteiger partial charge in [0.15, 0.2) is 0 Å². The Morgan fingerprint density at radius 2 is 1.50 bits per heavy atom. The van der Waals surface area contributed by atoms with E-state index in [9.17, 15) is 8.78 Å². The maximum Gasteiger partial charge on any atom is 0.116 e. The summed E-state index contributed by atoms with van der Waals surface area (Å²) >= 11 is 0. The summed E-state index contributed by atoms with van der Waals surface area (Å²) in [6.45, 7) is 0. The van der Waals surface area contributed by atoms with E-state index in [-0.39, 0.29) is 0 Å². The third-order valence-electron chi connectivity index (χ3n) is 4.35. The zero-order chi connectivity index (χ0) is 11.5. The molecule has 3 unspecified atom stereocenters. The van der Waals surface area contributed by atoms with Crippen LogP contribution < -0.4 is 0 Å². The summed E-state index contributed by atoms with van der Waals surface area (Å²) in [4.78, 5) is 0. The number of nitriles is 1. The van der Waals surface area contributed by atoms with E-state index in [2.05, 4.69) is 0 Å². The lowest BCUT2D eigenvalue weighted by Gasteiger charge is -2.36. The first-order chi connectivity index (χ1) is 7.70. The third kappa shape index (κ3) is 2.53. The maximum absolute atomic E-state index is 13.6. The van der Waals surface area contributed by atoms with Crippen molar-refractivity contribution in [2.45, 2.75) is 57.3 Å². The summed E-state index contributed by atoms with van der Waals surface area (Å²) in [5.41, 5.74) is 0. The summed E-state index contributed by atoms with van der Waals surface area (Å²) in [6.07, 6.45) is 3.73. The largest absolute Gasteiger partial charge is 0.247 e. The lowest BCUT2D eigenvalue weighted by Crippen LogP contribution is -2.31. The van der Waals surface area contributed by atoms with Gasteiger partial charge in [-0.25, -0.2) is 8.78 Å². The fourth-order valence-electron chi connectivity index (χ4n) is 3.27. The van der Waals surface area contributed by atoms with Gasteiger partial charge in [0.25, 0.3) is 0 Å². The van der Waals surface area contributed by atoms with Crippen molar-refractivity contribution in [3.63, 3.8) is 0 Å². The van der Waals surface area contributed by atoms with Gasteiger partial charge in [-0.2, -0.15) is 5.26 Å². The van der Waals surface area contributed by atoms with E-state index >= 15 is 0 Å². The van der Waals surface area contributed by atoms with Crippen LogP contribution >= 0.6 is 0 Å². The Kier molecular flexibility index (Phi) is 3.78. The molecule has 2 aliphatic carbocycles.